The van der Waals surface area contributed by atoms with Crippen LogP contribution in [0, 0.1) is 0 Å². The zero-order chi connectivity index (χ0) is 14.2. The minimum atomic E-state index is -0.114. The van der Waals surface area contributed by atoms with Gasteiger partial charge in [0.15, 0.2) is 0 Å². The molecule has 1 aliphatic heterocycles. The highest BCUT2D eigenvalue weighted by Crippen LogP contribution is 2.25. The first-order chi connectivity index (χ1) is 10.3. The van der Waals surface area contributed by atoms with Gasteiger partial charge >= 0.3 is 0 Å². The van der Waals surface area contributed by atoms with Gasteiger partial charge in [-0.1, -0.05) is 0 Å². The number of imidazole rings is 1. The lowest BCUT2D eigenvalue weighted by Crippen LogP contribution is -2.11. The normalized spacial score (nSPS) is 13.0. The highest BCUT2D eigenvalue weighted by Gasteiger charge is 2.12. The number of aromatic amines is 1. The number of carbonyl (C=O) groups excluding carboxylic acids is 1. The minimum Gasteiger partial charge on any atom is -0.384 e. The number of fused-ring (bicyclic) bond motifs is 2. The van der Waals surface area contributed by atoms with Crippen LogP contribution in [0.4, 0.5) is 11.4 Å². The number of rotatable bonds is 2. The Morgan fingerprint density at radius 3 is 3.10 bits per heavy atom. The van der Waals surface area contributed by atoms with Crippen LogP contribution in [0.25, 0.3) is 11.0 Å². The molecule has 3 N–H and O–H groups in total. The molecular formula is C16H14N4O. The van der Waals surface area contributed by atoms with E-state index in [4.69, 9.17) is 0 Å². The van der Waals surface area contributed by atoms with Crippen molar-refractivity contribution in [2.45, 2.75) is 6.42 Å². The number of nitrogens with zero attached hydrogens (tertiary/aromatic N) is 1. The van der Waals surface area contributed by atoms with Crippen molar-refractivity contribution in [1.29, 1.82) is 0 Å². The van der Waals surface area contributed by atoms with Crippen molar-refractivity contribution in [3.05, 3.63) is 53.9 Å². The fourth-order valence-electron chi connectivity index (χ4n) is 2.66. The average Bonchev–Trinajstić information content (AvgIpc) is 3.14. The highest BCUT2D eigenvalue weighted by molar-refractivity contribution is 6.06. The maximum Gasteiger partial charge on any atom is 0.255 e. The van der Waals surface area contributed by atoms with Crippen molar-refractivity contribution >= 4 is 28.3 Å². The summed E-state index contributed by atoms with van der Waals surface area (Å²) in [5, 5.41) is 6.25. The Bertz CT molecular complexity index is 837. The van der Waals surface area contributed by atoms with E-state index in [1.807, 2.05) is 30.3 Å². The lowest BCUT2D eigenvalue weighted by Gasteiger charge is -2.07. The maximum atomic E-state index is 12.3. The van der Waals surface area contributed by atoms with E-state index < -0.39 is 0 Å². The fourth-order valence-corrected chi connectivity index (χ4v) is 2.66. The monoisotopic (exact) mass is 278 g/mol. The van der Waals surface area contributed by atoms with E-state index in [2.05, 4.69) is 20.6 Å². The van der Waals surface area contributed by atoms with Crippen molar-refractivity contribution in [2.75, 3.05) is 17.2 Å². The largest absolute Gasteiger partial charge is 0.384 e. The van der Waals surface area contributed by atoms with E-state index >= 15 is 0 Å². The molecule has 0 saturated carbocycles. The first kappa shape index (κ1) is 12.0. The van der Waals surface area contributed by atoms with E-state index in [0.29, 0.717) is 5.56 Å². The smallest absolute Gasteiger partial charge is 0.255 e. The number of benzene rings is 2. The molecule has 0 atom stereocenters. The molecule has 1 aliphatic rings. The van der Waals surface area contributed by atoms with E-state index in [1.54, 1.807) is 12.4 Å². The number of H-pyrrole nitrogens is 1. The summed E-state index contributed by atoms with van der Waals surface area (Å²) >= 11 is 0. The topological polar surface area (TPSA) is 69.8 Å². The van der Waals surface area contributed by atoms with Crippen LogP contribution in [0.3, 0.4) is 0 Å². The molecule has 0 fully saturated rings. The van der Waals surface area contributed by atoms with Crippen LogP contribution in [-0.4, -0.2) is 22.4 Å². The molecule has 104 valence electrons. The summed E-state index contributed by atoms with van der Waals surface area (Å²) in [5.74, 6) is -0.114. The molecule has 0 saturated heterocycles. The van der Waals surface area contributed by atoms with Crippen LogP contribution in [-0.2, 0) is 6.42 Å². The predicted octanol–water partition coefficient (Wildman–Crippen LogP) is 2.78. The molecular weight excluding hydrogens is 264 g/mol. The second kappa shape index (κ2) is 4.63. The third kappa shape index (κ3) is 2.12. The number of hydrogen-bond acceptors (Lipinski definition) is 3. The second-order valence-electron chi connectivity index (χ2n) is 5.14. The molecule has 2 heterocycles. The molecule has 5 heteroatoms. The van der Waals surface area contributed by atoms with Crippen LogP contribution >= 0.6 is 0 Å². The molecule has 5 nitrogen and oxygen atoms in total. The quantitative estimate of drug-likeness (QED) is 0.675. The summed E-state index contributed by atoms with van der Waals surface area (Å²) in [4.78, 5) is 19.5. The van der Waals surface area contributed by atoms with Crippen molar-refractivity contribution in [1.82, 2.24) is 9.97 Å². The molecule has 1 aromatic heterocycles. The van der Waals surface area contributed by atoms with Gasteiger partial charge in [-0.05, 0) is 48.4 Å². The van der Waals surface area contributed by atoms with Crippen molar-refractivity contribution in [2.24, 2.45) is 0 Å². The Kier molecular flexibility index (Phi) is 2.64. The first-order valence-electron chi connectivity index (χ1n) is 6.91. The molecule has 1 amide bonds. The molecule has 0 aliphatic carbocycles. The van der Waals surface area contributed by atoms with Gasteiger partial charge in [0.2, 0.25) is 0 Å². The van der Waals surface area contributed by atoms with Gasteiger partial charge in [-0.15, -0.1) is 0 Å². The Labute approximate surface area is 121 Å². The minimum absolute atomic E-state index is 0.114. The zero-order valence-electron chi connectivity index (χ0n) is 11.3. The van der Waals surface area contributed by atoms with Crippen molar-refractivity contribution in [3.63, 3.8) is 0 Å². The van der Waals surface area contributed by atoms with Gasteiger partial charge in [0.1, 0.15) is 0 Å². The standard InChI is InChI=1S/C16H14N4O/c21-16(11-1-3-14-15(8-11)19-9-18-14)20-12-2-4-13-10(7-12)5-6-17-13/h1-4,7-9,17H,5-6H2,(H,18,19)(H,20,21). The zero-order valence-corrected chi connectivity index (χ0v) is 11.3. The van der Waals surface area contributed by atoms with Crippen molar-refractivity contribution in [3.8, 4) is 0 Å². The van der Waals surface area contributed by atoms with Crippen LogP contribution in [0.1, 0.15) is 15.9 Å². The fraction of sp³-hybridized carbons (Fsp3) is 0.125. The third-order valence-electron chi connectivity index (χ3n) is 3.76. The summed E-state index contributed by atoms with van der Waals surface area (Å²) in [6.45, 7) is 0.962. The number of amides is 1. The summed E-state index contributed by atoms with van der Waals surface area (Å²) < 4.78 is 0. The Hall–Kier alpha value is -2.82. The summed E-state index contributed by atoms with van der Waals surface area (Å²) in [5.41, 5.74) is 5.57. The Morgan fingerprint density at radius 2 is 2.14 bits per heavy atom. The second-order valence-corrected chi connectivity index (χ2v) is 5.14. The lowest BCUT2D eigenvalue weighted by atomic mass is 10.1. The Morgan fingerprint density at radius 1 is 1.19 bits per heavy atom. The maximum absolute atomic E-state index is 12.3. The number of hydrogen-bond donors (Lipinski definition) is 3. The number of carbonyl (C=O) groups is 1. The molecule has 21 heavy (non-hydrogen) atoms. The van der Waals surface area contributed by atoms with Gasteiger partial charge in [-0.3, -0.25) is 4.79 Å². The molecule has 0 radical (unpaired) electrons. The summed E-state index contributed by atoms with van der Waals surface area (Å²) in [6, 6.07) is 11.4. The van der Waals surface area contributed by atoms with Crippen LogP contribution < -0.4 is 10.6 Å². The van der Waals surface area contributed by atoms with Gasteiger partial charge in [0.25, 0.3) is 5.91 Å². The third-order valence-corrected chi connectivity index (χ3v) is 3.76. The van der Waals surface area contributed by atoms with E-state index in [0.717, 1.165) is 35.4 Å². The van der Waals surface area contributed by atoms with Crippen molar-refractivity contribution < 1.29 is 4.79 Å². The van der Waals surface area contributed by atoms with Crippen LogP contribution in [0.2, 0.25) is 0 Å². The van der Waals surface area contributed by atoms with Gasteiger partial charge in [-0.25, -0.2) is 4.98 Å². The predicted molar refractivity (Wildman–Crippen MR) is 82.7 cm³/mol. The first-order valence-corrected chi connectivity index (χ1v) is 6.91. The van der Waals surface area contributed by atoms with E-state index in [1.165, 1.54) is 5.56 Å². The molecule has 2 aromatic carbocycles. The molecule has 0 bridgehead atoms. The molecule has 0 unspecified atom stereocenters. The van der Waals surface area contributed by atoms with Crippen LogP contribution in [0.15, 0.2) is 42.7 Å². The molecule has 3 aromatic rings. The number of aromatic nitrogens is 2. The Balaban J connectivity index is 1.60. The van der Waals surface area contributed by atoms with Gasteiger partial charge in [-0.2, -0.15) is 0 Å². The van der Waals surface area contributed by atoms with Gasteiger partial charge < -0.3 is 15.6 Å². The van der Waals surface area contributed by atoms with E-state index in [-0.39, 0.29) is 5.91 Å². The summed E-state index contributed by atoms with van der Waals surface area (Å²) in [7, 11) is 0. The lowest BCUT2D eigenvalue weighted by molar-refractivity contribution is 0.102. The average molecular weight is 278 g/mol. The molecule has 4 rings (SSSR count). The number of nitrogens with one attached hydrogen (secondary N) is 3. The summed E-state index contributed by atoms with van der Waals surface area (Å²) in [6.07, 6.45) is 2.62. The van der Waals surface area contributed by atoms with Crippen LogP contribution in [0.5, 0.6) is 0 Å². The molecule has 0 spiro atoms. The van der Waals surface area contributed by atoms with Gasteiger partial charge in [0, 0.05) is 23.5 Å². The van der Waals surface area contributed by atoms with E-state index in [9.17, 15) is 4.79 Å². The SMILES string of the molecule is O=C(Nc1ccc2c(c1)CCN2)c1ccc2nc[nH]c2c1. The highest BCUT2D eigenvalue weighted by atomic mass is 16.1. The number of anilines is 2. The van der Waals surface area contributed by atoms with Gasteiger partial charge in [0.05, 0.1) is 17.4 Å².